The molecule has 35 heavy (non-hydrogen) atoms. The van der Waals surface area contributed by atoms with Gasteiger partial charge in [0.05, 0.1) is 5.54 Å². The highest BCUT2D eigenvalue weighted by Gasteiger charge is 2.33. The minimum atomic E-state index is -0.454. The van der Waals surface area contributed by atoms with Gasteiger partial charge in [-0.05, 0) is 71.6 Å². The van der Waals surface area contributed by atoms with Crippen LogP contribution in [0.2, 0.25) is 0 Å². The van der Waals surface area contributed by atoms with Gasteiger partial charge in [-0.1, -0.05) is 102 Å². The summed E-state index contributed by atoms with van der Waals surface area (Å²) in [5, 5.41) is 3.21. The summed E-state index contributed by atoms with van der Waals surface area (Å²) < 4.78 is 5.87. The standard InChI is InChI=1S/C32H43NO2/c1-21(2)25-16-15-23(5)19-24(25)17-18-32(6,22(3)4)33-31(34)35-20-30-28-13-9-7-11-26(28)27-12-8-10-14-29(27)30/h7-14,17-18,21-25,30H,15-16,19-20H2,1-6H3,(H,33,34)/b18-17+/t23-,24-,25+,32-/m1/s1. The zero-order valence-corrected chi connectivity index (χ0v) is 22.4. The minimum Gasteiger partial charge on any atom is -0.449 e. The first kappa shape index (κ1) is 25.5. The van der Waals surface area contributed by atoms with E-state index >= 15 is 0 Å². The van der Waals surface area contributed by atoms with Crippen LogP contribution in [0, 0.1) is 29.6 Å². The van der Waals surface area contributed by atoms with Crippen LogP contribution in [0.4, 0.5) is 4.79 Å². The van der Waals surface area contributed by atoms with E-state index in [0.29, 0.717) is 24.4 Å². The number of hydrogen-bond acceptors (Lipinski definition) is 2. The normalized spacial score (nSPS) is 23.8. The summed E-state index contributed by atoms with van der Waals surface area (Å²) in [7, 11) is 0. The highest BCUT2D eigenvalue weighted by molar-refractivity contribution is 5.79. The van der Waals surface area contributed by atoms with Gasteiger partial charge in [-0.3, -0.25) is 0 Å². The lowest BCUT2D eigenvalue weighted by Gasteiger charge is -2.37. The fourth-order valence-corrected chi connectivity index (χ4v) is 6.05. The van der Waals surface area contributed by atoms with Gasteiger partial charge in [0, 0.05) is 5.92 Å². The van der Waals surface area contributed by atoms with Crippen LogP contribution in [0.15, 0.2) is 60.7 Å². The maximum absolute atomic E-state index is 13.1. The van der Waals surface area contributed by atoms with E-state index < -0.39 is 5.54 Å². The van der Waals surface area contributed by atoms with Crippen molar-refractivity contribution in [1.82, 2.24) is 5.32 Å². The van der Waals surface area contributed by atoms with E-state index in [0.717, 1.165) is 5.92 Å². The quantitative estimate of drug-likeness (QED) is 0.412. The summed E-state index contributed by atoms with van der Waals surface area (Å²) in [6.07, 6.45) is 8.16. The van der Waals surface area contributed by atoms with Crippen molar-refractivity contribution in [2.24, 2.45) is 29.6 Å². The van der Waals surface area contributed by atoms with Crippen LogP contribution in [-0.2, 0) is 4.74 Å². The van der Waals surface area contributed by atoms with Crippen molar-refractivity contribution in [3.63, 3.8) is 0 Å². The molecule has 188 valence electrons. The molecule has 0 heterocycles. The third kappa shape index (κ3) is 5.50. The molecule has 1 saturated carbocycles. The van der Waals surface area contributed by atoms with Gasteiger partial charge in [-0.15, -0.1) is 0 Å². The Bertz CT molecular complexity index is 1010. The fraction of sp³-hybridized carbons (Fsp3) is 0.531. The lowest BCUT2D eigenvalue weighted by molar-refractivity contribution is 0.130. The van der Waals surface area contributed by atoms with E-state index in [1.807, 2.05) is 0 Å². The molecule has 0 aliphatic heterocycles. The largest absolute Gasteiger partial charge is 0.449 e. The molecule has 0 bridgehead atoms. The molecule has 0 unspecified atom stereocenters. The van der Waals surface area contributed by atoms with Crippen molar-refractivity contribution in [1.29, 1.82) is 0 Å². The number of alkyl carbamates (subject to hydrolysis) is 1. The molecule has 2 aliphatic carbocycles. The summed E-state index contributed by atoms with van der Waals surface area (Å²) >= 11 is 0. The van der Waals surface area contributed by atoms with Crippen LogP contribution in [0.5, 0.6) is 0 Å². The van der Waals surface area contributed by atoms with E-state index in [9.17, 15) is 4.79 Å². The van der Waals surface area contributed by atoms with Gasteiger partial charge in [0.1, 0.15) is 6.61 Å². The van der Waals surface area contributed by atoms with Gasteiger partial charge in [0.25, 0.3) is 0 Å². The minimum absolute atomic E-state index is 0.0736. The molecular formula is C32H43NO2. The van der Waals surface area contributed by atoms with Crippen LogP contribution in [0.3, 0.4) is 0 Å². The van der Waals surface area contributed by atoms with Gasteiger partial charge in [0.2, 0.25) is 0 Å². The first-order valence-corrected chi connectivity index (χ1v) is 13.5. The molecule has 1 amide bonds. The Labute approximate surface area is 212 Å². The number of allylic oxidation sites excluding steroid dienone is 1. The van der Waals surface area contributed by atoms with Gasteiger partial charge in [-0.2, -0.15) is 0 Å². The Hall–Kier alpha value is -2.55. The molecular weight excluding hydrogens is 430 g/mol. The van der Waals surface area contributed by atoms with Gasteiger partial charge in [-0.25, -0.2) is 4.79 Å². The number of carbonyl (C=O) groups excluding carboxylic acids is 1. The summed E-state index contributed by atoms with van der Waals surface area (Å²) in [6.45, 7) is 13.8. The molecule has 3 heteroatoms. The molecule has 0 aromatic heterocycles. The predicted molar refractivity (Wildman–Crippen MR) is 145 cm³/mol. The molecule has 0 spiro atoms. The number of carbonyl (C=O) groups is 1. The highest BCUT2D eigenvalue weighted by atomic mass is 16.5. The van der Waals surface area contributed by atoms with E-state index in [1.54, 1.807) is 0 Å². The third-order valence-electron chi connectivity index (χ3n) is 8.68. The number of ether oxygens (including phenoxy) is 1. The molecule has 4 atom stereocenters. The highest BCUT2D eigenvalue weighted by Crippen LogP contribution is 2.44. The number of amides is 1. The summed E-state index contributed by atoms with van der Waals surface area (Å²) in [6, 6.07) is 16.9. The summed E-state index contributed by atoms with van der Waals surface area (Å²) in [5.41, 5.74) is 4.51. The van der Waals surface area contributed by atoms with Crippen LogP contribution >= 0.6 is 0 Å². The van der Waals surface area contributed by atoms with Gasteiger partial charge >= 0.3 is 6.09 Å². The van der Waals surface area contributed by atoms with Crippen molar-refractivity contribution >= 4 is 6.09 Å². The van der Waals surface area contributed by atoms with Gasteiger partial charge in [0.15, 0.2) is 0 Å². The first-order chi connectivity index (χ1) is 16.7. The maximum Gasteiger partial charge on any atom is 0.407 e. The molecule has 3 nitrogen and oxygen atoms in total. The predicted octanol–water partition coefficient (Wildman–Crippen LogP) is 8.20. The molecule has 4 rings (SSSR count). The van der Waals surface area contributed by atoms with Crippen molar-refractivity contribution in [3.05, 3.63) is 71.8 Å². The second kappa shape index (κ2) is 10.6. The molecule has 1 fully saturated rings. The summed E-state index contributed by atoms with van der Waals surface area (Å²) in [5.74, 6) is 3.05. The van der Waals surface area contributed by atoms with Gasteiger partial charge < -0.3 is 10.1 Å². The molecule has 2 aromatic carbocycles. The van der Waals surface area contributed by atoms with Crippen molar-refractivity contribution in [3.8, 4) is 11.1 Å². The van der Waals surface area contributed by atoms with E-state index in [4.69, 9.17) is 4.74 Å². The van der Waals surface area contributed by atoms with E-state index in [2.05, 4.69) is 108 Å². The SMILES string of the molecule is CC(C)[C@@H]1CC[C@@H](C)C[C@H]1/C=C/[C@@](C)(NC(=O)OCC1c2ccccc2-c2ccccc21)C(C)C. The van der Waals surface area contributed by atoms with E-state index in [-0.39, 0.29) is 17.9 Å². The lowest BCUT2D eigenvalue weighted by atomic mass is 9.69. The lowest BCUT2D eigenvalue weighted by Crippen LogP contribution is -2.49. The number of rotatable bonds is 7. The van der Waals surface area contributed by atoms with Crippen LogP contribution < -0.4 is 5.32 Å². The Morgan fingerprint density at radius 1 is 1.03 bits per heavy atom. The van der Waals surface area contributed by atoms with Crippen molar-refractivity contribution in [2.45, 2.75) is 72.3 Å². The Kier molecular flexibility index (Phi) is 7.73. The molecule has 1 N–H and O–H groups in total. The average Bonchev–Trinajstić information content (AvgIpc) is 3.15. The number of benzene rings is 2. The third-order valence-corrected chi connectivity index (χ3v) is 8.68. The number of hydrogen-bond donors (Lipinski definition) is 1. The zero-order chi connectivity index (χ0) is 25.2. The second-order valence-corrected chi connectivity index (χ2v) is 11.7. The monoisotopic (exact) mass is 473 g/mol. The molecule has 0 saturated heterocycles. The average molecular weight is 474 g/mol. The Morgan fingerprint density at radius 3 is 2.20 bits per heavy atom. The van der Waals surface area contributed by atoms with Crippen LogP contribution in [-0.4, -0.2) is 18.2 Å². The maximum atomic E-state index is 13.1. The molecule has 0 radical (unpaired) electrons. The number of fused-ring (bicyclic) bond motifs is 3. The molecule has 2 aliphatic rings. The summed E-state index contributed by atoms with van der Waals surface area (Å²) in [4.78, 5) is 13.1. The van der Waals surface area contributed by atoms with Crippen molar-refractivity contribution < 1.29 is 9.53 Å². The first-order valence-electron chi connectivity index (χ1n) is 13.5. The van der Waals surface area contributed by atoms with Crippen LogP contribution in [0.1, 0.15) is 77.8 Å². The number of nitrogens with one attached hydrogen (secondary N) is 1. The second-order valence-electron chi connectivity index (χ2n) is 11.7. The molecule has 2 aromatic rings. The smallest absolute Gasteiger partial charge is 0.407 e. The van der Waals surface area contributed by atoms with Crippen molar-refractivity contribution in [2.75, 3.05) is 6.61 Å². The van der Waals surface area contributed by atoms with Crippen LogP contribution in [0.25, 0.3) is 11.1 Å². The Balaban J connectivity index is 1.44. The zero-order valence-electron chi connectivity index (χ0n) is 22.4. The van der Waals surface area contributed by atoms with E-state index in [1.165, 1.54) is 41.5 Å². The Morgan fingerprint density at radius 2 is 1.63 bits per heavy atom. The fourth-order valence-electron chi connectivity index (χ4n) is 6.05. The topological polar surface area (TPSA) is 38.3 Å².